The smallest absolute Gasteiger partial charge is 0.408 e. The first kappa shape index (κ1) is 29.2. The van der Waals surface area contributed by atoms with Crippen LogP contribution in [-0.2, 0) is 23.8 Å². The fourth-order valence-electron chi connectivity index (χ4n) is 4.94. The highest BCUT2D eigenvalue weighted by molar-refractivity contribution is 5.89. The van der Waals surface area contributed by atoms with Crippen LogP contribution in [0.5, 0.6) is 0 Å². The summed E-state index contributed by atoms with van der Waals surface area (Å²) in [6, 6.07) is 19.7. The summed E-state index contributed by atoms with van der Waals surface area (Å²) in [5.74, 6) is -0.942. The van der Waals surface area contributed by atoms with Crippen molar-refractivity contribution in [2.24, 2.45) is 0 Å². The molecular formula is C30H40N2O6. The topological polar surface area (TPSA) is 94.2 Å². The lowest BCUT2D eigenvalue weighted by molar-refractivity contribution is -0.150. The van der Waals surface area contributed by atoms with Crippen molar-refractivity contribution in [1.29, 1.82) is 0 Å². The number of esters is 2. The molecule has 1 fully saturated rings. The van der Waals surface area contributed by atoms with E-state index in [2.05, 4.69) is 29.6 Å². The average molecular weight is 525 g/mol. The third-order valence-electron chi connectivity index (χ3n) is 6.53. The number of rotatable bonds is 10. The fraction of sp³-hybridized carbons (Fsp3) is 0.500. The Morgan fingerprint density at radius 3 is 2.00 bits per heavy atom. The van der Waals surface area contributed by atoms with Crippen molar-refractivity contribution in [2.45, 2.75) is 70.6 Å². The molecule has 1 aliphatic rings. The second kappa shape index (κ2) is 12.9. The number of alkyl carbamates (subject to hydrolysis) is 1. The van der Waals surface area contributed by atoms with Crippen molar-refractivity contribution in [3.8, 4) is 0 Å². The van der Waals surface area contributed by atoms with Crippen molar-refractivity contribution >= 4 is 18.0 Å². The summed E-state index contributed by atoms with van der Waals surface area (Å²) in [6.07, 6.45) is -0.0120. The van der Waals surface area contributed by atoms with Gasteiger partial charge >= 0.3 is 18.0 Å². The fourth-order valence-corrected chi connectivity index (χ4v) is 4.94. The molecule has 0 saturated carbocycles. The first-order valence-corrected chi connectivity index (χ1v) is 13.3. The Balaban J connectivity index is 1.90. The Kier molecular flexibility index (Phi) is 9.91. The average Bonchev–Trinajstić information content (AvgIpc) is 3.24. The van der Waals surface area contributed by atoms with Gasteiger partial charge in [0.1, 0.15) is 11.6 Å². The predicted molar refractivity (Wildman–Crippen MR) is 145 cm³/mol. The van der Waals surface area contributed by atoms with E-state index in [1.165, 1.54) is 0 Å². The minimum atomic E-state index is -1.44. The number of benzene rings is 2. The van der Waals surface area contributed by atoms with E-state index in [-0.39, 0.29) is 32.1 Å². The van der Waals surface area contributed by atoms with E-state index >= 15 is 0 Å². The molecule has 1 heterocycles. The molecule has 0 spiro atoms. The molecule has 1 N–H and O–H groups in total. The number of nitrogens with zero attached hydrogens (tertiary/aromatic N) is 1. The van der Waals surface area contributed by atoms with Crippen LogP contribution in [0.15, 0.2) is 60.7 Å². The van der Waals surface area contributed by atoms with Crippen molar-refractivity contribution < 1.29 is 28.6 Å². The molecule has 0 aromatic heterocycles. The minimum Gasteiger partial charge on any atom is -0.465 e. The van der Waals surface area contributed by atoms with Crippen LogP contribution in [0.25, 0.3) is 0 Å². The van der Waals surface area contributed by atoms with Gasteiger partial charge in [-0.1, -0.05) is 60.7 Å². The largest absolute Gasteiger partial charge is 0.465 e. The molecule has 2 atom stereocenters. The van der Waals surface area contributed by atoms with Crippen molar-refractivity contribution in [1.82, 2.24) is 10.2 Å². The number of likely N-dealkylation sites (tertiary alicyclic amines) is 1. The molecule has 2 unspecified atom stereocenters. The van der Waals surface area contributed by atoms with Crippen LogP contribution >= 0.6 is 0 Å². The van der Waals surface area contributed by atoms with E-state index in [0.29, 0.717) is 13.0 Å². The van der Waals surface area contributed by atoms with E-state index in [1.54, 1.807) is 34.6 Å². The van der Waals surface area contributed by atoms with Crippen LogP contribution in [0.3, 0.4) is 0 Å². The molecule has 1 aliphatic heterocycles. The maximum atomic E-state index is 13.2. The maximum absolute atomic E-state index is 13.2. The van der Waals surface area contributed by atoms with Crippen molar-refractivity contribution in [2.75, 3.05) is 26.3 Å². The molecule has 1 amide bonds. The summed E-state index contributed by atoms with van der Waals surface area (Å²) in [4.78, 5) is 41.0. The molecule has 1 saturated heterocycles. The number of hydrogen-bond donors (Lipinski definition) is 1. The van der Waals surface area contributed by atoms with Gasteiger partial charge in [0.25, 0.3) is 0 Å². The summed E-state index contributed by atoms with van der Waals surface area (Å²) >= 11 is 0. The summed E-state index contributed by atoms with van der Waals surface area (Å²) in [5.41, 5.74) is 0.130. The van der Waals surface area contributed by atoms with Crippen LogP contribution in [-0.4, -0.2) is 66.4 Å². The minimum absolute atomic E-state index is 0.0330. The van der Waals surface area contributed by atoms with Gasteiger partial charge in [-0.05, 0) is 52.2 Å². The van der Waals surface area contributed by atoms with Gasteiger partial charge in [0.15, 0.2) is 5.54 Å². The number of carbonyl (C=O) groups is 3. The lowest BCUT2D eigenvalue weighted by atomic mass is 9.88. The van der Waals surface area contributed by atoms with Gasteiger partial charge in [0, 0.05) is 25.4 Å². The van der Waals surface area contributed by atoms with Crippen LogP contribution in [0.2, 0.25) is 0 Å². The second-order valence-corrected chi connectivity index (χ2v) is 10.5. The van der Waals surface area contributed by atoms with Gasteiger partial charge in [-0.3, -0.25) is 9.69 Å². The second-order valence-electron chi connectivity index (χ2n) is 10.5. The molecule has 0 aliphatic carbocycles. The molecule has 2 aromatic rings. The van der Waals surface area contributed by atoms with Crippen LogP contribution in [0.1, 0.15) is 64.5 Å². The Hall–Kier alpha value is -3.39. The standard InChI is InChI=1S/C30H40N2O6/c1-6-36-26(33)25-20-30(27(34)37-7-2,31-28(35)38-29(3,4)5)21-32(25)19-18-24(22-14-10-8-11-15-22)23-16-12-9-13-17-23/h8-17,24-25H,6-7,18-21H2,1-5H3,(H,31,35). The third kappa shape index (κ3) is 7.57. The van der Waals surface area contributed by atoms with Crippen molar-refractivity contribution in [3.05, 3.63) is 71.8 Å². The molecule has 8 nitrogen and oxygen atoms in total. The van der Waals surface area contributed by atoms with Crippen LogP contribution < -0.4 is 5.32 Å². The third-order valence-corrected chi connectivity index (χ3v) is 6.53. The lowest BCUT2D eigenvalue weighted by Crippen LogP contribution is -2.58. The van der Waals surface area contributed by atoms with Gasteiger partial charge < -0.3 is 19.5 Å². The highest BCUT2D eigenvalue weighted by atomic mass is 16.6. The molecular weight excluding hydrogens is 484 g/mol. The summed E-state index contributed by atoms with van der Waals surface area (Å²) in [5, 5.41) is 2.76. The van der Waals surface area contributed by atoms with Gasteiger partial charge in [-0.25, -0.2) is 9.59 Å². The summed E-state index contributed by atoms with van der Waals surface area (Å²) in [6.45, 7) is 9.66. The Labute approximate surface area is 225 Å². The quantitative estimate of drug-likeness (QED) is 0.356. The van der Waals surface area contributed by atoms with E-state index in [9.17, 15) is 14.4 Å². The van der Waals surface area contributed by atoms with Crippen LogP contribution in [0, 0.1) is 0 Å². The molecule has 2 aromatic carbocycles. The number of ether oxygens (including phenoxy) is 3. The zero-order valence-electron chi connectivity index (χ0n) is 23.1. The Morgan fingerprint density at radius 2 is 1.50 bits per heavy atom. The van der Waals surface area contributed by atoms with Crippen molar-refractivity contribution in [3.63, 3.8) is 0 Å². The SMILES string of the molecule is CCOC(=O)C1CC(NC(=O)OC(C)(C)C)(C(=O)OCC)CN1CCC(c1ccccc1)c1ccccc1. The first-order chi connectivity index (χ1) is 18.1. The monoisotopic (exact) mass is 524 g/mol. The molecule has 206 valence electrons. The lowest BCUT2D eigenvalue weighted by Gasteiger charge is -2.30. The molecule has 8 heteroatoms. The molecule has 3 rings (SSSR count). The molecule has 0 radical (unpaired) electrons. The number of amides is 1. The van der Waals surface area contributed by atoms with E-state index in [0.717, 1.165) is 11.1 Å². The highest BCUT2D eigenvalue weighted by Gasteiger charge is 2.54. The van der Waals surface area contributed by atoms with E-state index in [1.807, 2.05) is 41.3 Å². The zero-order valence-corrected chi connectivity index (χ0v) is 23.1. The summed E-state index contributed by atoms with van der Waals surface area (Å²) < 4.78 is 16.2. The summed E-state index contributed by atoms with van der Waals surface area (Å²) in [7, 11) is 0. The van der Waals surface area contributed by atoms with Gasteiger partial charge in [0.05, 0.1) is 13.2 Å². The molecule has 38 heavy (non-hydrogen) atoms. The van der Waals surface area contributed by atoms with E-state index < -0.39 is 35.2 Å². The number of carbonyl (C=O) groups excluding carboxylic acids is 3. The van der Waals surface area contributed by atoms with Gasteiger partial charge in [0.2, 0.25) is 0 Å². The Morgan fingerprint density at radius 1 is 0.947 bits per heavy atom. The van der Waals surface area contributed by atoms with E-state index in [4.69, 9.17) is 14.2 Å². The molecule has 0 bridgehead atoms. The maximum Gasteiger partial charge on any atom is 0.408 e. The zero-order chi connectivity index (χ0) is 27.8. The predicted octanol–water partition coefficient (Wildman–Crippen LogP) is 4.67. The number of hydrogen-bond acceptors (Lipinski definition) is 7. The normalized spacial score (nSPS) is 19.7. The number of nitrogens with one attached hydrogen (secondary N) is 1. The Bertz CT molecular complexity index is 1030. The van der Waals surface area contributed by atoms with Crippen LogP contribution in [0.4, 0.5) is 4.79 Å². The first-order valence-electron chi connectivity index (χ1n) is 13.3. The van der Waals surface area contributed by atoms with Gasteiger partial charge in [-0.15, -0.1) is 0 Å². The highest BCUT2D eigenvalue weighted by Crippen LogP contribution is 2.34. The van der Waals surface area contributed by atoms with Gasteiger partial charge in [-0.2, -0.15) is 0 Å².